The third kappa shape index (κ3) is 5.48. The molecule has 0 heterocycles. The minimum Gasteiger partial charge on any atom is -0.380 e. The largest absolute Gasteiger partial charge is 0.380 e. The summed E-state index contributed by atoms with van der Waals surface area (Å²) >= 11 is 0. The predicted molar refractivity (Wildman–Crippen MR) is 78.6 cm³/mol. The van der Waals surface area contributed by atoms with E-state index in [1.165, 1.54) is 16.7 Å². The lowest BCUT2D eigenvalue weighted by atomic mass is 10.1. The Morgan fingerprint density at radius 3 is 2.78 bits per heavy atom. The lowest BCUT2D eigenvalue weighted by Gasteiger charge is -2.10. The molecule has 0 atom stereocenters. The molecule has 2 nitrogen and oxygen atoms in total. The second kappa shape index (κ2) is 8.06. The molecule has 1 N–H and O–H groups in total. The van der Waals surface area contributed by atoms with Crippen LogP contribution in [0.1, 0.15) is 38.3 Å². The summed E-state index contributed by atoms with van der Waals surface area (Å²) in [5, 5.41) is 3.46. The Balaban J connectivity index is 2.74. The highest BCUT2D eigenvalue weighted by molar-refractivity contribution is 5.54. The predicted octanol–water partition coefficient (Wildman–Crippen LogP) is 3.62. The molecule has 0 bridgehead atoms. The smallest absolute Gasteiger partial charge is 0.0713 e. The van der Waals surface area contributed by atoms with E-state index in [9.17, 15) is 0 Å². The summed E-state index contributed by atoms with van der Waals surface area (Å²) in [6.45, 7) is 8.18. The Labute approximate surface area is 111 Å². The van der Waals surface area contributed by atoms with Crippen LogP contribution in [0, 0.1) is 0 Å². The summed E-state index contributed by atoms with van der Waals surface area (Å²) < 4.78 is 5.16. The lowest BCUT2D eigenvalue weighted by molar-refractivity contribution is 0.185. The van der Waals surface area contributed by atoms with E-state index in [0.29, 0.717) is 12.6 Å². The van der Waals surface area contributed by atoms with Crippen molar-refractivity contribution in [1.82, 2.24) is 5.32 Å². The molecule has 2 heteroatoms. The molecule has 0 spiro atoms. The number of ether oxygens (including phenoxy) is 1. The van der Waals surface area contributed by atoms with Crippen LogP contribution < -0.4 is 5.32 Å². The first-order valence-electron chi connectivity index (χ1n) is 6.66. The first kappa shape index (κ1) is 14.9. The maximum Gasteiger partial charge on any atom is 0.0713 e. The minimum atomic E-state index is 0.528. The van der Waals surface area contributed by atoms with Gasteiger partial charge in [-0.3, -0.25) is 0 Å². The molecule has 1 rings (SSSR count). The van der Waals surface area contributed by atoms with Gasteiger partial charge in [-0.1, -0.05) is 50.6 Å². The summed E-state index contributed by atoms with van der Waals surface area (Å²) in [4.78, 5) is 0. The number of benzene rings is 1. The molecule has 18 heavy (non-hydrogen) atoms. The Bertz CT molecular complexity index is 382. The van der Waals surface area contributed by atoms with Gasteiger partial charge in [0.1, 0.15) is 0 Å². The Morgan fingerprint density at radius 1 is 1.39 bits per heavy atom. The summed E-state index contributed by atoms with van der Waals surface area (Å²) in [5.41, 5.74) is 3.91. The SMILES string of the molecule is CCC(=Cc1cccc(COC)c1)CNC(C)C. The standard InChI is InChI=1S/C16H25NO/c1-5-14(11-17-13(2)3)9-15-7-6-8-16(10-15)12-18-4/h6-10,13,17H,5,11-12H2,1-4H3. The van der Waals surface area contributed by atoms with Crippen molar-refractivity contribution in [2.45, 2.75) is 39.8 Å². The van der Waals surface area contributed by atoms with E-state index in [0.717, 1.165) is 13.0 Å². The number of hydrogen-bond donors (Lipinski definition) is 1. The topological polar surface area (TPSA) is 21.3 Å². The molecule has 1 aromatic carbocycles. The Kier molecular flexibility index (Phi) is 6.69. The van der Waals surface area contributed by atoms with Crippen molar-refractivity contribution in [1.29, 1.82) is 0 Å². The Morgan fingerprint density at radius 2 is 2.17 bits per heavy atom. The highest BCUT2D eigenvalue weighted by Gasteiger charge is 1.99. The number of nitrogens with one attached hydrogen (secondary N) is 1. The number of methoxy groups -OCH3 is 1. The van der Waals surface area contributed by atoms with E-state index in [-0.39, 0.29) is 0 Å². The van der Waals surface area contributed by atoms with Gasteiger partial charge in [-0.25, -0.2) is 0 Å². The van der Waals surface area contributed by atoms with Crippen molar-refractivity contribution in [2.75, 3.05) is 13.7 Å². The molecule has 0 aromatic heterocycles. The van der Waals surface area contributed by atoms with Gasteiger partial charge in [0, 0.05) is 19.7 Å². The van der Waals surface area contributed by atoms with Crippen molar-refractivity contribution in [3.63, 3.8) is 0 Å². The first-order valence-corrected chi connectivity index (χ1v) is 6.66. The zero-order chi connectivity index (χ0) is 13.4. The third-order valence-corrected chi connectivity index (χ3v) is 2.82. The molecule has 0 saturated heterocycles. The zero-order valence-corrected chi connectivity index (χ0v) is 12.0. The molecule has 0 fully saturated rings. The van der Waals surface area contributed by atoms with Crippen LogP contribution in [0.3, 0.4) is 0 Å². The first-order chi connectivity index (χ1) is 8.65. The fourth-order valence-electron chi connectivity index (χ4n) is 1.79. The highest BCUT2D eigenvalue weighted by Crippen LogP contribution is 2.12. The van der Waals surface area contributed by atoms with Crippen LogP contribution in [0.15, 0.2) is 29.8 Å². The van der Waals surface area contributed by atoms with Crippen LogP contribution in [0.2, 0.25) is 0 Å². The molecule has 0 amide bonds. The molecule has 1 aromatic rings. The molecule has 0 saturated carbocycles. The molecule has 0 aliphatic rings. The highest BCUT2D eigenvalue weighted by atomic mass is 16.5. The van der Waals surface area contributed by atoms with E-state index in [2.05, 4.69) is 56.4 Å². The monoisotopic (exact) mass is 247 g/mol. The summed E-state index contributed by atoms with van der Waals surface area (Å²) in [5.74, 6) is 0. The van der Waals surface area contributed by atoms with Crippen LogP contribution in [-0.4, -0.2) is 19.7 Å². The van der Waals surface area contributed by atoms with Crippen LogP contribution in [0.25, 0.3) is 6.08 Å². The summed E-state index contributed by atoms with van der Waals surface area (Å²) in [7, 11) is 1.73. The summed E-state index contributed by atoms with van der Waals surface area (Å²) in [6.07, 6.45) is 3.35. The number of rotatable bonds is 7. The average molecular weight is 247 g/mol. The van der Waals surface area contributed by atoms with Gasteiger partial charge in [-0.2, -0.15) is 0 Å². The van der Waals surface area contributed by atoms with Crippen molar-refractivity contribution in [3.8, 4) is 0 Å². The summed E-state index contributed by atoms with van der Waals surface area (Å²) in [6, 6.07) is 9.04. The second-order valence-corrected chi connectivity index (χ2v) is 4.87. The van der Waals surface area contributed by atoms with Gasteiger partial charge in [0.05, 0.1) is 6.61 Å². The van der Waals surface area contributed by atoms with Crippen LogP contribution in [0.4, 0.5) is 0 Å². The maximum atomic E-state index is 5.16. The van der Waals surface area contributed by atoms with E-state index in [1.807, 2.05) is 0 Å². The van der Waals surface area contributed by atoms with E-state index >= 15 is 0 Å². The van der Waals surface area contributed by atoms with Gasteiger partial charge in [0.2, 0.25) is 0 Å². The van der Waals surface area contributed by atoms with Gasteiger partial charge in [0.15, 0.2) is 0 Å². The fourth-order valence-corrected chi connectivity index (χ4v) is 1.79. The van der Waals surface area contributed by atoms with E-state index in [4.69, 9.17) is 4.74 Å². The van der Waals surface area contributed by atoms with Gasteiger partial charge in [-0.05, 0) is 23.6 Å². The van der Waals surface area contributed by atoms with Crippen molar-refractivity contribution < 1.29 is 4.74 Å². The molecule has 0 aliphatic carbocycles. The van der Waals surface area contributed by atoms with Crippen molar-refractivity contribution in [3.05, 3.63) is 41.0 Å². The quantitative estimate of drug-likeness (QED) is 0.794. The zero-order valence-electron chi connectivity index (χ0n) is 12.0. The van der Waals surface area contributed by atoms with Crippen LogP contribution >= 0.6 is 0 Å². The maximum absolute atomic E-state index is 5.16. The van der Waals surface area contributed by atoms with Crippen molar-refractivity contribution in [2.24, 2.45) is 0 Å². The van der Waals surface area contributed by atoms with Gasteiger partial charge >= 0.3 is 0 Å². The molecule has 0 radical (unpaired) electrons. The van der Waals surface area contributed by atoms with Crippen LogP contribution in [0.5, 0.6) is 0 Å². The van der Waals surface area contributed by atoms with Crippen molar-refractivity contribution >= 4 is 6.08 Å². The molecule has 0 unspecified atom stereocenters. The second-order valence-electron chi connectivity index (χ2n) is 4.87. The molecular weight excluding hydrogens is 222 g/mol. The average Bonchev–Trinajstić information content (AvgIpc) is 2.35. The van der Waals surface area contributed by atoms with Crippen LogP contribution in [-0.2, 0) is 11.3 Å². The van der Waals surface area contributed by atoms with E-state index in [1.54, 1.807) is 7.11 Å². The van der Waals surface area contributed by atoms with Gasteiger partial charge < -0.3 is 10.1 Å². The number of hydrogen-bond acceptors (Lipinski definition) is 2. The lowest BCUT2D eigenvalue weighted by Crippen LogP contribution is -2.24. The fraction of sp³-hybridized carbons (Fsp3) is 0.500. The van der Waals surface area contributed by atoms with Gasteiger partial charge in [-0.15, -0.1) is 0 Å². The van der Waals surface area contributed by atoms with E-state index < -0.39 is 0 Å². The normalized spacial score (nSPS) is 12.2. The molecule has 0 aliphatic heterocycles. The Hall–Kier alpha value is -1.12. The molecule has 100 valence electrons. The third-order valence-electron chi connectivity index (χ3n) is 2.82. The minimum absolute atomic E-state index is 0.528. The molecular formula is C16H25NO. The van der Waals surface area contributed by atoms with Gasteiger partial charge in [0.25, 0.3) is 0 Å².